The van der Waals surface area contributed by atoms with Gasteiger partial charge in [-0.15, -0.1) is 0 Å². The van der Waals surface area contributed by atoms with Gasteiger partial charge in [-0.3, -0.25) is 9.69 Å². The third kappa shape index (κ3) is 6.44. The van der Waals surface area contributed by atoms with Crippen LogP contribution in [0.2, 0.25) is 0 Å². The second-order valence-corrected chi connectivity index (χ2v) is 10.0. The molecule has 0 bridgehead atoms. The van der Waals surface area contributed by atoms with Gasteiger partial charge in [0.1, 0.15) is 5.75 Å². The van der Waals surface area contributed by atoms with Gasteiger partial charge in [0.15, 0.2) is 0 Å². The van der Waals surface area contributed by atoms with E-state index in [-0.39, 0.29) is 11.9 Å². The molecule has 0 aliphatic carbocycles. The Balaban J connectivity index is 1.11. The molecule has 0 saturated carbocycles. The van der Waals surface area contributed by atoms with E-state index in [1.54, 1.807) is 13.2 Å². The van der Waals surface area contributed by atoms with Crippen molar-refractivity contribution in [1.29, 1.82) is 0 Å². The molecule has 190 valence electrons. The summed E-state index contributed by atoms with van der Waals surface area (Å²) < 4.78 is 11.0. The Morgan fingerprint density at radius 3 is 2.58 bits per heavy atom. The van der Waals surface area contributed by atoms with Gasteiger partial charge in [-0.1, -0.05) is 30.3 Å². The lowest BCUT2D eigenvalue weighted by atomic mass is 10.0. The van der Waals surface area contributed by atoms with Crippen molar-refractivity contribution >= 4 is 16.7 Å². The van der Waals surface area contributed by atoms with Gasteiger partial charge in [0.05, 0.1) is 13.2 Å². The number of carbonyl (C=O) groups is 1. The zero-order valence-electron chi connectivity index (χ0n) is 21.2. The van der Waals surface area contributed by atoms with Crippen molar-refractivity contribution in [1.82, 2.24) is 15.5 Å². The fourth-order valence-electron chi connectivity index (χ4n) is 5.26. The molecule has 1 atom stereocenters. The second kappa shape index (κ2) is 11.9. The number of nitrogens with zero attached hydrogens (tertiary/aromatic N) is 1. The minimum absolute atomic E-state index is 0.0251. The van der Waals surface area contributed by atoms with E-state index >= 15 is 0 Å². The van der Waals surface area contributed by atoms with Gasteiger partial charge in [0, 0.05) is 50.9 Å². The van der Waals surface area contributed by atoms with Crippen molar-refractivity contribution in [3.05, 3.63) is 77.4 Å². The summed E-state index contributed by atoms with van der Waals surface area (Å²) in [5.74, 6) is 0.679. The average molecular weight is 488 g/mol. The number of benzene rings is 3. The fourth-order valence-corrected chi connectivity index (χ4v) is 5.26. The number of rotatable bonds is 9. The molecule has 2 saturated heterocycles. The molecule has 3 aromatic rings. The standard InChI is InChI=1S/C30H37N3O3/c1-35-28-5-2-4-25(18-28)30(34)32-27-11-13-33(14-12-27)21-23-8-10-24-9-7-22(16-26(24)17-23)19-31-20-29-6-3-15-36-29/h2,4-5,7-10,16-18,27,29,31H,3,6,11-15,19-21H2,1H3,(H,32,34). The molecule has 2 aliphatic rings. The number of hydrogen-bond acceptors (Lipinski definition) is 5. The first-order valence-corrected chi connectivity index (χ1v) is 13.2. The Morgan fingerprint density at radius 2 is 1.81 bits per heavy atom. The van der Waals surface area contributed by atoms with Crippen molar-refractivity contribution in [2.75, 3.05) is 33.4 Å². The molecule has 6 nitrogen and oxygen atoms in total. The van der Waals surface area contributed by atoms with Crippen LogP contribution in [-0.4, -0.2) is 56.3 Å². The van der Waals surface area contributed by atoms with Crippen LogP contribution < -0.4 is 15.4 Å². The summed E-state index contributed by atoms with van der Waals surface area (Å²) in [6, 6.07) is 21.1. The normalized spacial score (nSPS) is 19.0. The van der Waals surface area contributed by atoms with Gasteiger partial charge in [-0.05, 0) is 77.9 Å². The van der Waals surface area contributed by atoms with E-state index in [2.05, 4.69) is 51.9 Å². The molecule has 2 N–H and O–H groups in total. The van der Waals surface area contributed by atoms with E-state index < -0.39 is 0 Å². The second-order valence-electron chi connectivity index (χ2n) is 10.0. The average Bonchev–Trinajstić information content (AvgIpc) is 3.43. The van der Waals surface area contributed by atoms with Crippen LogP contribution in [0.15, 0.2) is 60.7 Å². The maximum Gasteiger partial charge on any atom is 0.251 e. The van der Waals surface area contributed by atoms with Crippen LogP contribution >= 0.6 is 0 Å². The molecular formula is C30H37N3O3. The highest BCUT2D eigenvalue weighted by molar-refractivity contribution is 5.94. The third-order valence-electron chi connectivity index (χ3n) is 7.36. The highest BCUT2D eigenvalue weighted by Crippen LogP contribution is 2.21. The molecular weight excluding hydrogens is 450 g/mol. The van der Waals surface area contributed by atoms with E-state index in [9.17, 15) is 4.79 Å². The molecule has 36 heavy (non-hydrogen) atoms. The van der Waals surface area contributed by atoms with Crippen molar-refractivity contribution in [2.45, 2.75) is 50.9 Å². The van der Waals surface area contributed by atoms with E-state index in [4.69, 9.17) is 9.47 Å². The molecule has 0 radical (unpaired) electrons. The van der Waals surface area contributed by atoms with Gasteiger partial charge < -0.3 is 20.1 Å². The molecule has 3 aromatic carbocycles. The summed E-state index contributed by atoms with van der Waals surface area (Å²) in [5, 5.41) is 9.33. The van der Waals surface area contributed by atoms with E-state index in [1.165, 1.54) is 34.7 Å². The highest BCUT2D eigenvalue weighted by Gasteiger charge is 2.21. The first-order valence-electron chi connectivity index (χ1n) is 13.2. The summed E-state index contributed by atoms with van der Waals surface area (Å²) in [5.41, 5.74) is 3.30. The van der Waals surface area contributed by atoms with Crippen LogP contribution in [0.5, 0.6) is 5.75 Å². The quantitative estimate of drug-likeness (QED) is 0.465. The van der Waals surface area contributed by atoms with Crippen LogP contribution in [0, 0.1) is 0 Å². The number of ether oxygens (including phenoxy) is 2. The van der Waals surface area contributed by atoms with E-state index in [1.807, 2.05) is 18.2 Å². The summed E-state index contributed by atoms with van der Waals surface area (Å²) in [6.45, 7) is 5.60. The summed E-state index contributed by atoms with van der Waals surface area (Å²) >= 11 is 0. The van der Waals surface area contributed by atoms with Gasteiger partial charge in [-0.2, -0.15) is 0 Å². The molecule has 1 unspecified atom stereocenters. The highest BCUT2D eigenvalue weighted by atomic mass is 16.5. The molecule has 0 spiro atoms. The minimum Gasteiger partial charge on any atom is -0.497 e. The molecule has 1 amide bonds. The van der Waals surface area contributed by atoms with E-state index in [0.29, 0.717) is 17.4 Å². The lowest BCUT2D eigenvalue weighted by Gasteiger charge is -2.32. The lowest BCUT2D eigenvalue weighted by Crippen LogP contribution is -2.44. The fraction of sp³-hybridized carbons (Fsp3) is 0.433. The Kier molecular flexibility index (Phi) is 8.16. The topological polar surface area (TPSA) is 62.8 Å². The molecule has 5 rings (SSSR count). The number of carbonyl (C=O) groups excluding carboxylic acids is 1. The van der Waals surface area contributed by atoms with Crippen molar-refractivity contribution in [2.24, 2.45) is 0 Å². The monoisotopic (exact) mass is 487 g/mol. The Labute approximate surface area is 214 Å². The Bertz CT molecular complexity index is 1170. The number of piperidine rings is 1. The van der Waals surface area contributed by atoms with Gasteiger partial charge in [0.2, 0.25) is 0 Å². The molecule has 2 heterocycles. The van der Waals surface area contributed by atoms with Crippen molar-refractivity contribution in [3.63, 3.8) is 0 Å². The SMILES string of the molecule is COc1cccc(C(=O)NC2CCN(Cc3ccc4ccc(CNCC5CCCO5)cc4c3)CC2)c1. The van der Waals surface area contributed by atoms with Crippen LogP contribution in [0.3, 0.4) is 0 Å². The molecule has 0 aromatic heterocycles. The van der Waals surface area contributed by atoms with Crippen LogP contribution in [0.4, 0.5) is 0 Å². The predicted molar refractivity (Wildman–Crippen MR) is 143 cm³/mol. The van der Waals surface area contributed by atoms with Crippen LogP contribution in [-0.2, 0) is 17.8 Å². The first-order chi connectivity index (χ1) is 17.7. The maximum atomic E-state index is 12.6. The molecule has 2 aliphatic heterocycles. The van der Waals surface area contributed by atoms with Gasteiger partial charge in [0.25, 0.3) is 5.91 Å². The van der Waals surface area contributed by atoms with Crippen LogP contribution in [0.1, 0.15) is 47.2 Å². The van der Waals surface area contributed by atoms with Gasteiger partial charge >= 0.3 is 0 Å². The number of methoxy groups -OCH3 is 1. The number of amides is 1. The van der Waals surface area contributed by atoms with Crippen molar-refractivity contribution in [3.8, 4) is 5.75 Å². The maximum absolute atomic E-state index is 12.6. The summed E-state index contributed by atoms with van der Waals surface area (Å²) in [7, 11) is 1.62. The Morgan fingerprint density at radius 1 is 1.00 bits per heavy atom. The smallest absolute Gasteiger partial charge is 0.251 e. The third-order valence-corrected chi connectivity index (χ3v) is 7.36. The first kappa shape index (κ1) is 24.8. The van der Waals surface area contributed by atoms with Gasteiger partial charge in [-0.25, -0.2) is 0 Å². The zero-order chi connectivity index (χ0) is 24.7. The number of fused-ring (bicyclic) bond motifs is 1. The Hall–Kier alpha value is -2.93. The predicted octanol–water partition coefficient (Wildman–Crippen LogP) is 4.51. The van der Waals surface area contributed by atoms with Crippen LogP contribution in [0.25, 0.3) is 10.8 Å². The summed E-state index contributed by atoms with van der Waals surface area (Å²) in [6.07, 6.45) is 4.64. The molecule has 6 heteroatoms. The molecule has 2 fully saturated rings. The lowest BCUT2D eigenvalue weighted by molar-refractivity contribution is 0.0908. The minimum atomic E-state index is -0.0251. The van der Waals surface area contributed by atoms with Crippen molar-refractivity contribution < 1.29 is 14.3 Å². The number of nitrogens with one attached hydrogen (secondary N) is 2. The van der Waals surface area contributed by atoms with E-state index in [0.717, 1.165) is 52.2 Å². The zero-order valence-corrected chi connectivity index (χ0v) is 21.2. The summed E-state index contributed by atoms with van der Waals surface area (Å²) in [4.78, 5) is 15.1. The number of hydrogen-bond donors (Lipinski definition) is 2. The number of likely N-dealkylation sites (tertiary alicyclic amines) is 1. The largest absolute Gasteiger partial charge is 0.497 e.